The Morgan fingerprint density at radius 1 is 1.08 bits per heavy atom. The molecular formula is C19H20FNO5. The highest BCUT2D eigenvalue weighted by atomic mass is 19.1. The molecule has 6 nitrogen and oxygen atoms in total. The van der Waals surface area contributed by atoms with Crippen LogP contribution in [0.4, 0.5) is 4.39 Å². The summed E-state index contributed by atoms with van der Waals surface area (Å²) in [5.74, 6) is -1.09. The fourth-order valence-corrected chi connectivity index (χ4v) is 2.49. The number of hydrogen-bond donors (Lipinski definition) is 1. The van der Waals surface area contributed by atoms with E-state index in [0.29, 0.717) is 17.1 Å². The lowest BCUT2D eigenvalue weighted by atomic mass is 10.1. The van der Waals surface area contributed by atoms with E-state index in [2.05, 4.69) is 0 Å². The van der Waals surface area contributed by atoms with Gasteiger partial charge in [-0.1, -0.05) is 18.2 Å². The second-order valence-electron chi connectivity index (χ2n) is 5.63. The van der Waals surface area contributed by atoms with Crippen LogP contribution in [-0.2, 0) is 22.6 Å². The average Bonchev–Trinajstić information content (AvgIpc) is 2.62. The smallest absolute Gasteiger partial charge is 0.323 e. The van der Waals surface area contributed by atoms with Crippen LogP contribution in [0, 0.1) is 5.82 Å². The van der Waals surface area contributed by atoms with Gasteiger partial charge < -0.3 is 19.5 Å². The molecule has 0 aliphatic carbocycles. The highest BCUT2D eigenvalue weighted by Crippen LogP contribution is 2.23. The Bertz CT molecular complexity index is 771. The molecule has 0 aliphatic rings. The molecule has 0 bridgehead atoms. The van der Waals surface area contributed by atoms with E-state index >= 15 is 0 Å². The maximum absolute atomic E-state index is 13.8. The van der Waals surface area contributed by atoms with Crippen LogP contribution in [0.5, 0.6) is 11.5 Å². The molecule has 26 heavy (non-hydrogen) atoms. The summed E-state index contributed by atoms with van der Waals surface area (Å²) in [5.41, 5.74) is 0.862. The van der Waals surface area contributed by atoms with E-state index in [4.69, 9.17) is 14.6 Å². The van der Waals surface area contributed by atoms with Crippen molar-refractivity contribution < 1.29 is 28.6 Å². The van der Waals surface area contributed by atoms with Gasteiger partial charge in [0.05, 0.1) is 20.6 Å². The standard InChI is InChI=1S/C19H20FNO5/c1-25-15-7-13(8-16(10-15)26-2)11-21(12-19(23)24)18(22)9-14-5-3-4-6-17(14)20/h3-8,10H,9,11-12H2,1-2H3,(H,23,24). The number of methoxy groups -OCH3 is 2. The number of carbonyl (C=O) groups is 2. The van der Waals surface area contributed by atoms with E-state index in [1.54, 1.807) is 24.3 Å². The average molecular weight is 361 g/mol. The number of rotatable bonds is 8. The van der Waals surface area contributed by atoms with E-state index < -0.39 is 24.2 Å². The third-order valence-corrected chi connectivity index (χ3v) is 3.76. The number of halogens is 1. The Balaban J connectivity index is 2.23. The largest absolute Gasteiger partial charge is 0.497 e. The molecule has 0 aromatic heterocycles. The van der Waals surface area contributed by atoms with Gasteiger partial charge in [-0.15, -0.1) is 0 Å². The molecular weight excluding hydrogens is 341 g/mol. The van der Waals surface area contributed by atoms with Gasteiger partial charge in [0.2, 0.25) is 5.91 Å². The molecule has 7 heteroatoms. The highest BCUT2D eigenvalue weighted by molar-refractivity contribution is 5.83. The predicted molar refractivity (Wildman–Crippen MR) is 92.7 cm³/mol. The summed E-state index contributed by atoms with van der Waals surface area (Å²) in [7, 11) is 2.99. The summed E-state index contributed by atoms with van der Waals surface area (Å²) in [5, 5.41) is 9.12. The third-order valence-electron chi connectivity index (χ3n) is 3.76. The Labute approximate surface area is 150 Å². The number of benzene rings is 2. The van der Waals surface area contributed by atoms with Crippen molar-refractivity contribution in [2.24, 2.45) is 0 Å². The molecule has 0 fully saturated rings. The minimum absolute atomic E-state index is 0.0349. The van der Waals surface area contributed by atoms with Crippen LogP contribution < -0.4 is 9.47 Å². The number of aliphatic carboxylic acids is 1. The van der Waals surface area contributed by atoms with Gasteiger partial charge in [-0.05, 0) is 29.3 Å². The molecule has 0 heterocycles. The summed E-state index contributed by atoms with van der Waals surface area (Å²) in [4.78, 5) is 24.9. The summed E-state index contributed by atoms with van der Waals surface area (Å²) in [6.07, 6.45) is -0.221. The first-order valence-electron chi connectivity index (χ1n) is 7.88. The topological polar surface area (TPSA) is 76.1 Å². The van der Waals surface area contributed by atoms with Crippen LogP contribution >= 0.6 is 0 Å². The Morgan fingerprint density at radius 2 is 1.69 bits per heavy atom. The van der Waals surface area contributed by atoms with Crippen molar-refractivity contribution in [3.05, 3.63) is 59.4 Å². The van der Waals surface area contributed by atoms with Gasteiger partial charge in [0, 0.05) is 12.6 Å². The molecule has 1 amide bonds. The minimum Gasteiger partial charge on any atom is -0.497 e. The summed E-state index contributed by atoms with van der Waals surface area (Å²) in [6.45, 7) is -0.458. The summed E-state index contributed by atoms with van der Waals surface area (Å²) < 4.78 is 24.1. The van der Waals surface area contributed by atoms with E-state index in [1.165, 1.54) is 32.4 Å². The van der Waals surface area contributed by atoms with E-state index in [0.717, 1.165) is 4.90 Å². The van der Waals surface area contributed by atoms with Crippen LogP contribution in [0.2, 0.25) is 0 Å². The van der Waals surface area contributed by atoms with E-state index in [9.17, 15) is 14.0 Å². The van der Waals surface area contributed by atoms with Crippen molar-refractivity contribution in [1.82, 2.24) is 4.90 Å². The van der Waals surface area contributed by atoms with Crippen LogP contribution in [0.1, 0.15) is 11.1 Å². The first-order valence-corrected chi connectivity index (χ1v) is 7.88. The summed E-state index contributed by atoms with van der Waals surface area (Å²) >= 11 is 0. The summed E-state index contributed by atoms with van der Waals surface area (Å²) in [6, 6.07) is 11.0. The fraction of sp³-hybridized carbons (Fsp3) is 0.263. The van der Waals surface area contributed by atoms with Crippen molar-refractivity contribution in [3.63, 3.8) is 0 Å². The van der Waals surface area contributed by atoms with Crippen LogP contribution in [0.15, 0.2) is 42.5 Å². The third kappa shape index (κ3) is 5.20. The van der Waals surface area contributed by atoms with Crippen molar-refractivity contribution in [2.45, 2.75) is 13.0 Å². The second kappa shape index (κ2) is 8.84. The zero-order valence-electron chi connectivity index (χ0n) is 14.6. The monoisotopic (exact) mass is 361 g/mol. The number of carbonyl (C=O) groups excluding carboxylic acids is 1. The molecule has 2 rings (SSSR count). The zero-order valence-corrected chi connectivity index (χ0v) is 14.6. The van der Waals surface area contributed by atoms with Crippen LogP contribution in [0.25, 0.3) is 0 Å². The number of ether oxygens (including phenoxy) is 2. The molecule has 0 saturated heterocycles. The van der Waals surface area contributed by atoms with Crippen LogP contribution in [-0.4, -0.2) is 42.6 Å². The molecule has 2 aromatic carbocycles. The first-order chi connectivity index (χ1) is 12.4. The molecule has 0 unspecified atom stereocenters. The number of carboxylic acid groups (broad SMARTS) is 1. The molecule has 0 saturated carbocycles. The zero-order chi connectivity index (χ0) is 19.1. The number of carboxylic acids is 1. The molecule has 2 aromatic rings. The predicted octanol–water partition coefficient (Wildman–Crippen LogP) is 2.50. The molecule has 0 radical (unpaired) electrons. The van der Waals surface area contributed by atoms with Gasteiger partial charge in [0.15, 0.2) is 0 Å². The molecule has 0 aliphatic heterocycles. The minimum atomic E-state index is -1.15. The van der Waals surface area contributed by atoms with E-state index in [-0.39, 0.29) is 18.5 Å². The number of nitrogens with zero attached hydrogens (tertiary/aromatic N) is 1. The van der Waals surface area contributed by atoms with E-state index in [1.807, 2.05) is 0 Å². The van der Waals surface area contributed by atoms with Crippen molar-refractivity contribution >= 4 is 11.9 Å². The SMILES string of the molecule is COc1cc(CN(CC(=O)O)C(=O)Cc2ccccc2F)cc(OC)c1. The van der Waals surface area contributed by atoms with Gasteiger partial charge >= 0.3 is 5.97 Å². The van der Waals surface area contributed by atoms with Gasteiger partial charge in [-0.25, -0.2) is 4.39 Å². The molecule has 1 N–H and O–H groups in total. The lowest BCUT2D eigenvalue weighted by Gasteiger charge is -2.22. The Morgan fingerprint density at radius 3 is 2.23 bits per heavy atom. The second-order valence-corrected chi connectivity index (χ2v) is 5.63. The number of hydrogen-bond acceptors (Lipinski definition) is 4. The Hall–Kier alpha value is -3.09. The normalized spacial score (nSPS) is 10.3. The van der Waals surface area contributed by atoms with Crippen molar-refractivity contribution in [3.8, 4) is 11.5 Å². The van der Waals surface area contributed by atoms with Gasteiger partial charge in [-0.2, -0.15) is 0 Å². The number of amides is 1. The van der Waals surface area contributed by atoms with Gasteiger partial charge in [0.1, 0.15) is 23.9 Å². The van der Waals surface area contributed by atoms with Gasteiger partial charge in [-0.3, -0.25) is 9.59 Å². The molecule has 0 atom stereocenters. The molecule has 0 spiro atoms. The lowest BCUT2D eigenvalue weighted by Crippen LogP contribution is -2.36. The maximum Gasteiger partial charge on any atom is 0.323 e. The lowest BCUT2D eigenvalue weighted by molar-refractivity contribution is -0.144. The quantitative estimate of drug-likeness (QED) is 0.782. The van der Waals surface area contributed by atoms with Crippen molar-refractivity contribution in [1.29, 1.82) is 0 Å². The highest BCUT2D eigenvalue weighted by Gasteiger charge is 2.19. The molecule has 138 valence electrons. The maximum atomic E-state index is 13.8. The van der Waals surface area contributed by atoms with Crippen molar-refractivity contribution in [2.75, 3.05) is 20.8 Å². The van der Waals surface area contributed by atoms with Crippen LogP contribution in [0.3, 0.4) is 0 Å². The fourth-order valence-electron chi connectivity index (χ4n) is 2.49. The first kappa shape index (κ1) is 19.2. The Kier molecular flexibility index (Phi) is 6.54. The van der Waals surface area contributed by atoms with Gasteiger partial charge in [0.25, 0.3) is 0 Å².